The lowest BCUT2D eigenvalue weighted by atomic mass is 10.2. The number of rotatable bonds is 2. The van der Waals surface area contributed by atoms with Gasteiger partial charge in [-0.3, -0.25) is 9.97 Å². The van der Waals surface area contributed by atoms with Gasteiger partial charge in [-0.15, -0.1) is 0 Å². The van der Waals surface area contributed by atoms with Gasteiger partial charge in [0.05, 0.1) is 35.4 Å². The quantitative estimate of drug-likeness (QED) is 0.696. The number of benzene rings is 1. The monoisotopic (exact) mass is 247 g/mol. The predicted octanol–water partition coefficient (Wildman–Crippen LogP) is 2.20. The van der Waals surface area contributed by atoms with E-state index in [2.05, 4.69) is 21.1 Å². The Kier molecular flexibility index (Phi) is 2.75. The smallest absolute Gasteiger partial charge is 0.0992 e. The molecule has 19 heavy (non-hydrogen) atoms. The van der Waals surface area contributed by atoms with Crippen molar-refractivity contribution in [3.63, 3.8) is 0 Å². The summed E-state index contributed by atoms with van der Waals surface area (Å²) in [6.07, 6.45) is 8.55. The third-order valence-corrected chi connectivity index (χ3v) is 2.68. The molecule has 0 amide bonds. The van der Waals surface area contributed by atoms with Crippen molar-refractivity contribution in [3.05, 3.63) is 60.8 Å². The van der Waals surface area contributed by atoms with Gasteiger partial charge in [-0.05, 0) is 18.2 Å². The lowest BCUT2D eigenvalue weighted by Crippen LogP contribution is -1.94. The molecule has 3 rings (SSSR count). The molecule has 90 valence electrons. The Morgan fingerprint density at radius 2 is 2.11 bits per heavy atom. The number of nitrogens with zero attached hydrogens (tertiary/aromatic N) is 5. The number of nitriles is 1. The second-order valence-electron chi connectivity index (χ2n) is 3.93. The first-order chi connectivity index (χ1) is 9.36. The van der Waals surface area contributed by atoms with Gasteiger partial charge in [0.15, 0.2) is 0 Å². The zero-order valence-electron chi connectivity index (χ0n) is 9.93. The summed E-state index contributed by atoms with van der Waals surface area (Å²) < 4.78 is 1.71. The molecule has 5 heteroatoms. The van der Waals surface area contributed by atoms with Crippen LogP contribution < -0.4 is 0 Å². The average Bonchev–Trinajstić information content (AvgIpc) is 2.98. The van der Waals surface area contributed by atoms with E-state index < -0.39 is 0 Å². The molecule has 0 N–H and O–H groups in total. The molecule has 1 aromatic carbocycles. The molecule has 0 aliphatic heterocycles. The van der Waals surface area contributed by atoms with Gasteiger partial charge in [0.2, 0.25) is 0 Å². The second-order valence-corrected chi connectivity index (χ2v) is 3.93. The second kappa shape index (κ2) is 4.70. The maximum Gasteiger partial charge on any atom is 0.0992 e. The van der Waals surface area contributed by atoms with Crippen molar-refractivity contribution in [2.45, 2.75) is 0 Å². The molecule has 0 fully saturated rings. The fourth-order valence-corrected chi connectivity index (χ4v) is 1.76. The molecule has 0 spiro atoms. The van der Waals surface area contributed by atoms with Crippen LogP contribution in [0.3, 0.4) is 0 Å². The molecule has 2 heterocycles. The van der Waals surface area contributed by atoms with Crippen LogP contribution in [0, 0.1) is 11.3 Å². The van der Waals surface area contributed by atoms with Crippen molar-refractivity contribution in [2.75, 3.05) is 0 Å². The van der Waals surface area contributed by atoms with E-state index in [1.807, 2.05) is 18.3 Å². The van der Waals surface area contributed by atoms with Crippen molar-refractivity contribution >= 4 is 0 Å². The van der Waals surface area contributed by atoms with Crippen LogP contribution in [0.1, 0.15) is 5.56 Å². The van der Waals surface area contributed by atoms with Gasteiger partial charge in [-0.25, -0.2) is 4.68 Å². The maximum absolute atomic E-state index is 8.89. The zero-order chi connectivity index (χ0) is 13.1. The first-order valence-electron chi connectivity index (χ1n) is 5.68. The standard InChI is InChI=1S/C14H9N5/c15-7-11-2-1-3-13(6-11)19-10-12(8-18-19)14-9-16-4-5-17-14/h1-6,8-10H. The molecule has 0 saturated carbocycles. The largest absolute Gasteiger partial charge is 0.261 e. The Hall–Kier alpha value is -3.00. The first kappa shape index (κ1) is 11.1. The van der Waals surface area contributed by atoms with E-state index in [1.54, 1.807) is 41.6 Å². The number of hydrogen-bond acceptors (Lipinski definition) is 4. The van der Waals surface area contributed by atoms with Gasteiger partial charge in [-0.2, -0.15) is 10.4 Å². The van der Waals surface area contributed by atoms with Crippen LogP contribution in [-0.2, 0) is 0 Å². The van der Waals surface area contributed by atoms with E-state index in [0.29, 0.717) is 5.56 Å². The summed E-state index contributed by atoms with van der Waals surface area (Å²) >= 11 is 0. The highest BCUT2D eigenvalue weighted by Gasteiger charge is 2.04. The number of hydrogen-bond donors (Lipinski definition) is 0. The van der Waals surface area contributed by atoms with Gasteiger partial charge in [-0.1, -0.05) is 6.07 Å². The normalized spacial score (nSPS) is 10.1. The topological polar surface area (TPSA) is 67.4 Å². The van der Waals surface area contributed by atoms with Gasteiger partial charge in [0.1, 0.15) is 0 Å². The molecule has 0 saturated heterocycles. The van der Waals surface area contributed by atoms with Crippen LogP contribution in [0.5, 0.6) is 0 Å². The Labute approximate surface area is 109 Å². The van der Waals surface area contributed by atoms with E-state index in [0.717, 1.165) is 16.9 Å². The van der Waals surface area contributed by atoms with Gasteiger partial charge < -0.3 is 0 Å². The molecular weight excluding hydrogens is 238 g/mol. The summed E-state index contributed by atoms with van der Waals surface area (Å²) in [4.78, 5) is 8.25. The Bertz CT molecular complexity index is 740. The van der Waals surface area contributed by atoms with Crippen LogP contribution in [0.2, 0.25) is 0 Å². The predicted molar refractivity (Wildman–Crippen MR) is 69.3 cm³/mol. The molecule has 0 aliphatic rings. The fraction of sp³-hybridized carbons (Fsp3) is 0. The van der Waals surface area contributed by atoms with E-state index in [1.165, 1.54) is 0 Å². The molecule has 0 aliphatic carbocycles. The zero-order valence-corrected chi connectivity index (χ0v) is 9.93. The van der Waals surface area contributed by atoms with E-state index in [4.69, 9.17) is 5.26 Å². The molecule has 3 aromatic rings. The van der Waals surface area contributed by atoms with Crippen molar-refractivity contribution in [2.24, 2.45) is 0 Å². The first-order valence-corrected chi connectivity index (χ1v) is 5.68. The summed E-state index contributed by atoms with van der Waals surface area (Å²) in [7, 11) is 0. The lowest BCUT2D eigenvalue weighted by Gasteiger charge is -2.00. The maximum atomic E-state index is 8.89. The van der Waals surface area contributed by atoms with Gasteiger partial charge >= 0.3 is 0 Å². The minimum absolute atomic E-state index is 0.606. The van der Waals surface area contributed by atoms with Gasteiger partial charge in [0, 0.05) is 24.2 Å². The van der Waals surface area contributed by atoms with Gasteiger partial charge in [0.25, 0.3) is 0 Å². The van der Waals surface area contributed by atoms with Crippen LogP contribution in [-0.4, -0.2) is 19.7 Å². The van der Waals surface area contributed by atoms with E-state index in [9.17, 15) is 0 Å². The van der Waals surface area contributed by atoms with Crippen molar-refractivity contribution < 1.29 is 0 Å². The molecule has 0 radical (unpaired) electrons. The Morgan fingerprint density at radius 1 is 1.16 bits per heavy atom. The molecular formula is C14H9N5. The molecule has 5 nitrogen and oxygen atoms in total. The fourth-order valence-electron chi connectivity index (χ4n) is 1.76. The lowest BCUT2D eigenvalue weighted by molar-refractivity contribution is 0.880. The van der Waals surface area contributed by atoms with Crippen LogP contribution in [0.15, 0.2) is 55.2 Å². The summed E-state index contributed by atoms with van der Waals surface area (Å²) in [6.45, 7) is 0. The van der Waals surface area contributed by atoms with Crippen LogP contribution >= 0.6 is 0 Å². The molecule has 0 bridgehead atoms. The summed E-state index contributed by atoms with van der Waals surface area (Å²) in [5, 5.41) is 13.2. The highest BCUT2D eigenvalue weighted by atomic mass is 15.3. The molecule has 2 aromatic heterocycles. The summed E-state index contributed by atoms with van der Waals surface area (Å²) in [5.74, 6) is 0. The minimum Gasteiger partial charge on any atom is -0.261 e. The third-order valence-electron chi connectivity index (χ3n) is 2.68. The SMILES string of the molecule is N#Cc1cccc(-n2cc(-c3cnccn3)cn2)c1. The van der Waals surface area contributed by atoms with Crippen LogP contribution in [0.25, 0.3) is 16.9 Å². The summed E-state index contributed by atoms with van der Waals surface area (Å²) in [5.41, 5.74) is 3.10. The molecule has 0 atom stereocenters. The minimum atomic E-state index is 0.606. The average molecular weight is 247 g/mol. The highest BCUT2D eigenvalue weighted by Crippen LogP contribution is 2.17. The van der Waals surface area contributed by atoms with Crippen molar-refractivity contribution in [1.29, 1.82) is 5.26 Å². The third kappa shape index (κ3) is 2.19. The number of aromatic nitrogens is 4. The van der Waals surface area contributed by atoms with Crippen LogP contribution in [0.4, 0.5) is 0 Å². The summed E-state index contributed by atoms with van der Waals surface area (Å²) in [6, 6.07) is 9.39. The van der Waals surface area contributed by atoms with E-state index >= 15 is 0 Å². The molecule has 0 unspecified atom stereocenters. The van der Waals surface area contributed by atoms with E-state index in [-0.39, 0.29) is 0 Å². The van der Waals surface area contributed by atoms with Crippen molar-refractivity contribution in [1.82, 2.24) is 19.7 Å². The van der Waals surface area contributed by atoms with Crippen molar-refractivity contribution in [3.8, 4) is 23.0 Å². The Balaban J connectivity index is 2.00. The highest BCUT2D eigenvalue weighted by molar-refractivity contribution is 5.56. The Morgan fingerprint density at radius 3 is 2.89 bits per heavy atom.